The van der Waals surface area contributed by atoms with E-state index in [2.05, 4.69) is 45.7 Å². The van der Waals surface area contributed by atoms with E-state index in [9.17, 15) is 4.79 Å². The molecule has 31 heavy (non-hydrogen) atoms. The third kappa shape index (κ3) is 4.69. The van der Waals surface area contributed by atoms with Crippen molar-refractivity contribution < 1.29 is 4.79 Å². The lowest BCUT2D eigenvalue weighted by Gasteiger charge is -2.38. The Morgan fingerprint density at radius 2 is 1.68 bits per heavy atom. The molecule has 2 heterocycles. The number of hydrogen-bond acceptors (Lipinski definition) is 5. The number of rotatable bonds is 5. The summed E-state index contributed by atoms with van der Waals surface area (Å²) in [5.41, 5.74) is 3.71. The largest absolute Gasteiger partial charge is 0.369 e. The molecule has 0 atom stereocenters. The summed E-state index contributed by atoms with van der Waals surface area (Å²) in [4.78, 5) is 28.8. The van der Waals surface area contributed by atoms with Crippen LogP contribution in [0.4, 0.5) is 5.69 Å². The van der Waals surface area contributed by atoms with E-state index < -0.39 is 0 Å². The van der Waals surface area contributed by atoms with Crippen molar-refractivity contribution in [2.24, 2.45) is 0 Å². The highest BCUT2D eigenvalue weighted by atomic mass is 16.2. The Bertz CT molecular complexity index is 1060. The number of amides is 1. The molecule has 0 N–H and O–H groups in total. The van der Waals surface area contributed by atoms with Gasteiger partial charge in [-0.2, -0.15) is 0 Å². The number of benzene rings is 2. The molecule has 3 aromatic rings. The van der Waals surface area contributed by atoms with Gasteiger partial charge < -0.3 is 9.80 Å². The molecule has 1 aliphatic heterocycles. The summed E-state index contributed by atoms with van der Waals surface area (Å²) in [5.74, 6) is 0.636. The van der Waals surface area contributed by atoms with Crippen LogP contribution in [0.15, 0.2) is 48.5 Å². The Morgan fingerprint density at radius 3 is 2.35 bits per heavy atom. The molecule has 0 radical (unpaired) electrons. The van der Waals surface area contributed by atoms with Crippen LogP contribution in [0.3, 0.4) is 0 Å². The summed E-state index contributed by atoms with van der Waals surface area (Å²) in [6, 6.07) is 16.5. The zero-order valence-corrected chi connectivity index (χ0v) is 18.9. The van der Waals surface area contributed by atoms with Crippen LogP contribution in [0.1, 0.15) is 35.7 Å². The molecule has 1 aliphatic rings. The predicted octanol–water partition coefficient (Wildman–Crippen LogP) is 3.74. The molecule has 0 bridgehead atoms. The topological polar surface area (TPSA) is 52.6 Å². The van der Waals surface area contributed by atoms with Gasteiger partial charge in [-0.3, -0.25) is 9.69 Å². The SMILES string of the molecule is Cc1nc(CN(C)C(=O)c2ccc(N3CCN(C(C)C)CC3)cc2)nc2ccccc12. The van der Waals surface area contributed by atoms with E-state index in [4.69, 9.17) is 0 Å². The van der Waals surface area contributed by atoms with Gasteiger partial charge in [-0.15, -0.1) is 0 Å². The fourth-order valence-corrected chi connectivity index (χ4v) is 4.18. The highest BCUT2D eigenvalue weighted by Crippen LogP contribution is 2.20. The number of carbonyl (C=O) groups excluding carboxylic acids is 1. The Balaban J connectivity index is 1.41. The number of piperazine rings is 1. The standard InChI is InChI=1S/C25H31N5O/c1-18(2)29-13-15-30(16-14-29)21-11-9-20(10-12-21)25(31)28(4)17-24-26-19(3)22-7-5-6-8-23(22)27-24/h5-12,18H,13-17H2,1-4H3. The fraction of sp³-hybridized carbons (Fsp3) is 0.400. The first-order valence-electron chi connectivity index (χ1n) is 11.0. The first-order chi connectivity index (χ1) is 14.9. The minimum atomic E-state index is -0.0226. The number of hydrogen-bond donors (Lipinski definition) is 0. The molecule has 1 saturated heterocycles. The summed E-state index contributed by atoms with van der Waals surface area (Å²) in [6.07, 6.45) is 0. The number of fused-ring (bicyclic) bond motifs is 1. The number of anilines is 1. The van der Waals surface area contributed by atoms with E-state index >= 15 is 0 Å². The molecule has 1 aromatic heterocycles. The van der Waals surface area contributed by atoms with Gasteiger partial charge in [-0.05, 0) is 51.1 Å². The van der Waals surface area contributed by atoms with Crippen LogP contribution in [-0.4, -0.2) is 64.9 Å². The first kappa shape index (κ1) is 21.2. The Kier molecular flexibility index (Phi) is 6.18. The fourth-order valence-electron chi connectivity index (χ4n) is 4.18. The Labute approximate surface area is 184 Å². The van der Waals surface area contributed by atoms with Gasteiger partial charge in [0.25, 0.3) is 5.91 Å². The quantitative estimate of drug-likeness (QED) is 0.633. The maximum absolute atomic E-state index is 13.0. The van der Waals surface area contributed by atoms with Crippen molar-refractivity contribution in [2.45, 2.75) is 33.4 Å². The second kappa shape index (κ2) is 9.02. The van der Waals surface area contributed by atoms with Gasteiger partial charge in [-0.1, -0.05) is 18.2 Å². The molecular weight excluding hydrogens is 386 g/mol. The van der Waals surface area contributed by atoms with Crippen molar-refractivity contribution in [2.75, 3.05) is 38.1 Å². The maximum atomic E-state index is 13.0. The van der Waals surface area contributed by atoms with Gasteiger partial charge in [-0.25, -0.2) is 9.97 Å². The van der Waals surface area contributed by atoms with Crippen molar-refractivity contribution in [3.05, 3.63) is 65.6 Å². The summed E-state index contributed by atoms with van der Waals surface area (Å²) < 4.78 is 0. The van der Waals surface area contributed by atoms with E-state index in [1.807, 2.05) is 43.3 Å². The van der Waals surface area contributed by atoms with Crippen LogP contribution in [0.2, 0.25) is 0 Å². The average molecular weight is 418 g/mol. The van der Waals surface area contributed by atoms with Crippen LogP contribution in [0.25, 0.3) is 10.9 Å². The molecule has 0 unspecified atom stereocenters. The number of carbonyl (C=O) groups is 1. The van der Waals surface area contributed by atoms with E-state index in [0.29, 0.717) is 24.0 Å². The molecule has 6 nitrogen and oxygen atoms in total. The molecule has 0 saturated carbocycles. The van der Waals surface area contributed by atoms with Gasteiger partial charge in [0, 0.05) is 61.6 Å². The van der Waals surface area contributed by atoms with E-state index in [-0.39, 0.29) is 5.91 Å². The second-order valence-corrected chi connectivity index (χ2v) is 8.57. The molecule has 1 fully saturated rings. The van der Waals surface area contributed by atoms with Crippen molar-refractivity contribution >= 4 is 22.5 Å². The second-order valence-electron chi connectivity index (χ2n) is 8.57. The lowest BCUT2D eigenvalue weighted by molar-refractivity contribution is 0.0781. The highest BCUT2D eigenvalue weighted by Gasteiger charge is 2.20. The van der Waals surface area contributed by atoms with Gasteiger partial charge in [0.2, 0.25) is 0 Å². The number of aromatic nitrogens is 2. The molecule has 0 spiro atoms. The van der Waals surface area contributed by atoms with E-state index in [1.54, 1.807) is 11.9 Å². The third-order valence-electron chi connectivity index (χ3n) is 6.09. The molecular formula is C25H31N5O. The van der Waals surface area contributed by atoms with Gasteiger partial charge >= 0.3 is 0 Å². The van der Waals surface area contributed by atoms with Gasteiger partial charge in [0.05, 0.1) is 12.1 Å². The molecule has 1 amide bonds. The molecule has 162 valence electrons. The normalized spacial score (nSPS) is 14.9. The summed E-state index contributed by atoms with van der Waals surface area (Å²) in [6.45, 7) is 11.0. The van der Waals surface area contributed by atoms with Crippen molar-refractivity contribution in [1.82, 2.24) is 19.8 Å². The van der Waals surface area contributed by atoms with Crippen LogP contribution in [-0.2, 0) is 6.54 Å². The summed E-state index contributed by atoms with van der Waals surface area (Å²) in [7, 11) is 1.80. The monoisotopic (exact) mass is 417 g/mol. The maximum Gasteiger partial charge on any atom is 0.254 e. The van der Waals surface area contributed by atoms with Crippen LogP contribution in [0.5, 0.6) is 0 Å². The average Bonchev–Trinajstić information content (AvgIpc) is 2.79. The van der Waals surface area contributed by atoms with Gasteiger partial charge in [0.1, 0.15) is 5.82 Å². The number of aryl methyl sites for hydroxylation is 1. The first-order valence-corrected chi connectivity index (χ1v) is 11.0. The molecule has 2 aromatic carbocycles. The van der Waals surface area contributed by atoms with Gasteiger partial charge in [0.15, 0.2) is 0 Å². The van der Waals surface area contributed by atoms with E-state index in [0.717, 1.165) is 42.8 Å². The lowest BCUT2D eigenvalue weighted by Crippen LogP contribution is -2.48. The van der Waals surface area contributed by atoms with Crippen molar-refractivity contribution in [3.63, 3.8) is 0 Å². The summed E-state index contributed by atoms with van der Waals surface area (Å²) >= 11 is 0. The zero-order chi connectivity index (χ0) is 22.0. The predicted molar refractivity (Wildman–Crippen MR) is 125 cm³/mol. The molecule has 6 heteroatoms. The Hall–Kier alpha value is -2.99. The van der Waals surface area contributed by atoms with E-state index in [1.165, 1.54) is 5.69 Å². The zero-order valence-electron chi connectivity index (χ0n) is 18.9. The Morgan fingerprint density at radius 1 is 1.00 bits per heavy atom. The minimum Gasteiger partial charge on any atom is -0.369 e. The van der Waals surface area contributed by atoms with Crippen molar-refractivity contribution in [1.29, 1.82) is 0 Å². The van der Waals surface area contributed by atoms with Crippen LogP contribution in [0, 0.1) is 6.92 Å². The molecule has 4 rings (SSSR count). The number of nitrogens with zero attached hydrogens (tertiary/aromatic N) is 5. The smallest absolute Gasteiger partial charge is 0.254 e. The molecule has 0 aliphatic carbocycles. The lowest BCUT2D eigenvalue weighted by atomic mass is 10.1. The highest BCUT2D eigenvalue weighted by molar-refractivity contribution is 5.94. The number of para-hydroxylation sites is 1. The minimum absolute atomic E-state index is 0.0226. The van der Waals surface area contributed by atoms with Crippen molar-refractivity contribution in [3.8, 4) is 0 Å². The summed E-state index contributed by atoms with van der Waals surface area (Å²) in [5, 5.41) is 1.05. The third-order valence-corrected chi connectivity index (χ3v) is 6.09. The van der Waals surface area contributed by atoms with Crippen LogP contribution >= 0.6 is 0 Å². The van der Waals surface area contributed by atoms with Crippen LogP contribution < -0.4 is 4.90 Å².